The van der Waals surface area contributed by atoms with Crippen LogP contribution in [0.25, 0.3) is 6.08 Å². The van der Waals surface area contributed by atoms with Gasteiger partial charge in [0.15, 0.2) is 16.3 Å². The lowest BCUT2D eigenvalue weighted by Gasteiger charge is -2.25. The number of aromatic nitrogens is 1. The van der Waals surface area contributed by atoms with E-state index in [1.54, 1.807) is 63.2 Å². The minimum atomic E-state index is -0.360. The molecule has 1 aliphatic heterocycles. The number of anilines is 1. The smallest absolute Gasteiger partial charge is 0.338 e. The fraction of sp³-hybridized carbons (Fsp3) is 0.292. The molecule has 3 aromatic rings. The summed E-state index contributed by atoms with van der Waals surface area (Å²) in [5, 5.41) is 0. The molecular formula is C24H25N3O6S. The number of carbonyl (C=O) groups excluding carboxylic acids is 1. The fourth-order valence-corrected chi connectivity index (χ4v) is 4.60. The quantitative estimate of drug-likeness (QED) is 0.475. The Morgan fingerprint density at radius 1 is 1.09 bits per heavy atom. The number of carbonyl (C=O) groups is 1. The lowest BCUT2D eigenvalue weighted by Crippen LogP contribution is -2.42. The van der Waals surface area contributed by atoms with Crippen molar-refractivity contribution in [3.63, 3.8) is 0 Å². The van der Waals surface area contributed by atoms with Gasteiger partial charge in [-0.3, -0.25) is 9.36 Å². The summed E-state index contributed by atoms with van der Waals surface area (Å²) >= 11 is 1.33. The minimum absolute atomic E-state index is 0.134. The van der Waals surface area contributed by atoms with E-state index in [1.165, 1.54) is 11.3 Å². The lowest BCUT2D eigenvalue weighted by atomic mass is 10.1. The second-order valence-corrected chi connectivity index (χ2v) is 8.34. The predicted molar refractivity (Wildman–Crippen MR) is 129 cm³/mol. The van der Waals surface area contributed by atoms with Crippen LogP contribution < -0.4 is 34.0 Å². The molecule has 0 atom stereocenters. The normalized spacial score (nSPS) is 13.2. The monoisotopic (exact) mass is 483 g/mol. The number of benzene rings is 2. The Hall–Kier alpha value is -3.79. The van der Waals surface area contributed by atoms with Crippen molar-refractivity contribution >= 4 is 29.1 Å². The van der Waals surface area contributed by atoms with Crippen LogP contribution in [-0.4, -0.2) is 45.1 Å². The summed E-state index contributed by atoms with van der Waals surface area (Å²) in [4.78, 5) is 32.2. The zero-order valence-corrected chi connectivity index (χ0v) is 20.2. The van der Waals surface area contributed by atoms with E-state index in [9.17, 15) is 9.59 Å². The van der Waals surface area contributed by atoms with Crippen LogP contribution in [0.4, 0.5) is 5.69 Å². The third-order valence-corrected chi connectivity index (χ3v) is 6.35. The number of thiazole rings is 1. The number of hydrogen-bond donors (Lipinski definition) is 0. The van der Waals surface area contributed by atoms with Crippen LogP contribution in [0.15, 0.2) is 46.2 Å². The zero-order chi connectivity index (χ0) is 24.2. The third-order valence-electron chi connectivity index (χ3n) is 5.31. The van der Waals surface area contributed by atoms with Crippen molar-refractivity contribution in [1.29, 1.82) is 0 Å². The highest BCUT2D eigenvalue weighted by Gasteiger charge is 2.17. The molecule has 2 aromatic carbocycles. The Labute approximate surface area is 200 Å². The van der Waals surface area contributed by atoms with E-state index in [0.717, 1.165) is 11.3 Å². The number of hydrogen-bond acceptors (Lipinski definition) is 9. The van der Waals surface area contributed by atoms with E-state index >= 15 is 0 Å². The zero-order valence-electron chi connectivity index (χ0n) is 19.4. The largest absolute Gasteiger partial charge is 0.493 e. The Balaban J connectivity index is 1.64. The van der Waals surface area contributed by atoms with Gasteiger partial charge in [-0.1, -0.05) is 11.3 Å². The highest BCUT2D eigenvalue weighted by molar-refractivity contribution is 7.07. The molecule has 10 heteroatoms. The summed E-state index contributed by atoms with van der Waals surface area (Å²) in [5.74, 6) is 1.15. The number of rotatable bonds is 7. The number of nitrogens with zero attached hydrogens (tertiary/aromatic N) is 3. The van der Waals surface area contributed by atoms with E-state index in [1.807, 2.05) is 17.0 Å². The molecule has 0 amide bonds. The summed E-state index contributed by atoms with van der Waals surface area (Å²) in [5.41, 5.74) is 1.95. The number of esters is 1. The molecular weight excluding hydrogens is 458 g/mol. The number of methoxy groups -OCH3 is 3. The number of fused-ring (bicyclic) bond motifs is 1. The third kappa shape index (κ3) is 4.49. The van der Waals surface area contributed by atoms with E-state index in [4.69, 9.17) is 18.9 Å². The second-order valence-electron chi connectivity index (χ2n) is 7.33. The average molecular weight is 484 g/mol. The van der Waals surface area contributed by atoms with Crippen LogP contribution in [0.5, 0.6) is 17.2 Å². The van der Waals surface area contributed by atoms with E-state index < -0.39 is 0 Å². The first-order valence-corrected chi connectivity index (χ1v) is 11.4. The molecule has 0 saturated heterocycles. The molecule has 9 nitrogen and oxygen atoms in total. The lowest BCUT2D eigenvalue weighted by molar-refractivity contribution is 0.0526. The van der Waals surface area contributed by atoms with Crippen LogP contribution in [0.2, 0.25) is 0 Å². The predicted octanol–water partition coefficient (Wildman–Crippen LogP) is 2.00. The molecule has 0 unspecified atom stereocenters. The molecule has 0 spiro atoms. The second kappa shape index (κ2) is 10.0. The Morgan fingerprint density at radius 2 is 1.76 bits per heavy atom. The first-order valence-electron chi connectivity index (χ1n) is 10.6. The summed E-state index contributed by atoms with van der Waals surface area (Å²) in [6, 6.07) is 10.7. The van der Waals surface area contributed by atoms with E-state index in [-0.39, 0.29) is 11.5 Å². The Kier molecular flexibility index (Phi) is 6.87. The fourth-order valence-electron chi connectivity index (χ4n) is 3.63. The topological polar surface area (TPSA) is 91.6 Å². The van der Waals surface area contributed by atoms with Gasteiger partial charge in [-0.25, -0.2) is 9.79 Å². The van der Waals surface area contributed by atoms with Crippen molar-refractivity contribution in [2.75, 3.05) is 39.5 Å². The van der Waals surface area contributed by atoms with Crippen molar-refractivity contribution in [3.05, 3.63) is 67.2 Å². The molecule has 0 fully saturated rings. The molecule has 1 aromatic heterocycles. The standard InChI is InChI=1S/C24H25N3O6S/c1-5-33-23(29)16-6-8-17(9-7-16)26-13-25-24-27(14-26)22(28)20(34-24)12-15-10-18(30-2)21(32-4)19(11-15)31-3/h6-12H,5,13-14H2,1-4H3/b20-12-. The maximum atomic E-state index is 13.1. The van der Waals surface area contributed by atoms with Crippen molar-refractivity contribution in [2.45, 2.75) is 13.6 Å². The van der Waals surface area contributed by atoms with Crippen LogP contribution in [-0.2, 0) is 11.4 Å². The van der Waals surface area contributed by atoms with Crippen molar-refractivity contribution in [2.24, 2.45) is 4.99 Å². The van der Waals surface area contributed by atoms with Gasteiger partial charge in [0.05, 0.1) is 38.0 Å². The average Bonchev–Trinajstić information content (AvgIpc) is 3.17. The summed E-state index contributed by atoms with van der Waals surface area (Å²) in [6.07, 6.45) is 1.79. The van der Waals surface area contributed by atoms with Gasteiger partial charge in [0, 0.05) is 5.69 Å². The summed E-state index contributed by atoms with van der Waals surface area (Å²) in [6.45, 7) is 2.86. The van der Waals surface area contributed by atoms with Gasteiger partial charge in [-0.05, 0) is 55.0 Å². The van der Waals surface area contributed by atoms with Gasteiger partial charge in [-0.15, -0.1) is 0 Å². The first-order chi connectivity index (χ1) is 16.5. The molecule has 0 aliphatic carbocycles. The molecule has 4 rings (SSSR count). The van der Waals surface area contributed by atoms with Crippen LogP contribution >= 0.6 is 11.3 Å². The number of ether oxygens (including phenoxy) is 4. The molecule has 0 bridgehead atoms. The van der Waals surface area contributed by atoms with Crippen molar-refractivity contribution < 1.29 is 23.7 Å². The SMILES string of the molecule is CCOC(=O)c1ccc(N2CN=c3s/c(=C\c4cc(OC)c(OC)c(OC)c4)c(=O)n3C2)cc1. The summed E-state index contributed by atoms with van der Waals surface area (Å²) in [7, 11) is 4.64. The highest BCUT2D eigenvalue weighted by atomic mass is 32.1. The molecule has 0 N–H and O–H groups in total. The molecule has 0 radical (unpaired) electrons. The van der Waals surface area contributed by atoms with Crippen molar-refractivity contribution in [1.82, 2.24) is 4.57 Å². The highest BCUT2D eigenvalue weighted by Crippen LogP contribution is 2.38. The van der Waals surface area contributed by atoms with Gasteiger partial charge >= 0.3 is 5.97 Å². The Morgan fingerprint density at radius 3 is 2.35 bits per heavy atom. The van der Waals surface area contributed by atoms with Crippen LogP contribution in [0.3, 0.4) is 0 Å². The van der Waals surface area contributed by atoms with E-state index in [2.05, 4.69) is 4.99 Å². The minimum Gasteiger partial charge on any atom is -0.493 e. The van der Waals surface area contributed by atoms with Gasteiger partial charge in [0.25, 0.3) is 5.56 Å². The molecule has 178 valence electrons. The molecule has 2 heterocycles. The maximum Gasteiger partial charge on any atom is 0.338 e. The molecule has 34 heavy (non-hydrogen) atoms. The van der Waals surface area contributed by atoms with Gasteiger partial charge in [-0.2, -0.15) is 0 Å². The Bertz CT molecular complexity index is 1350. The maximum absolute atomic E-state index is 13.1. The van der Waals surface area contributed by atoms with Gasteiger partial charge in [0.2, 0.25) is 5.75 Å². The summed E-state index contributed by atoms with van der Waals surface area (Å²) < 4.78 is 23.4. The molecule has 1 aliphatic rings. The molecule has 0 saturated carbocycles. The first kappa shape index (κ1) is 23.4. The van der Waals surface area contributed by atoms with Crippen LogP contribution in [0.1, 0.15) is 22.8 Å². The van der Waals surface area contributed by atoms with Crippen LogP contribution in [0, 0.1) is 0 Å². The van der Waals surface area contributed by atoms with Gasteiger partial charge in [0.1, 0.15) is 13.3 Å². The van der Waals surface area contributed by atoms with Gasteiger partial charge < -0.3 is 23.8 Å². The van der Waals surface area contributed by atoms with Crippen molar-refractivity contribution in [3.8, 4) is 17.2 Å². The van der Waals surface area contributed by atoms with E-state index in [0.29, 0.717) is 52.1 Å².